The van der Waals surface area contributed by atoms with Crippen LogP contribution in [0.2, 0.25) is 0 Å². The molecular formula is C9H10N4O2. The summed E-state index contributed by atoms with van der Waals surface area (Å²) in [7, 11) is 0. The molecule has 0 spiro atoms. The molecule has 0 unspecified atom stereocenters. The van der Waals surface area contributed by atoms with Gasteiger partial charge in [0.15, 0.2) is 0 Å². The van der Waals surface area contributed by atoms with Gasteiger partial charge in [-0.15, -0.1) is 0 Å². The number of benzene rings is 1. The Labute approximate surface area is 86.0 Å². The molecule has 1 rings (SSSR count). The van der Waals surface area contributed by atoms with Crippen molar-refractivity contribution in [3.05, 3.63) is 40.3 Å². The van der Waals surface area contributed by atoms with E-state index in [1.807, 2.05) is 0 Å². The van der Waals surface area contributed by atoms with Gasteiger partial charge in [0.25, 0.3) is 0 Å². The highest BCUT2D eigenvalue weighted by Gasteiger charge is 2.11. The van der Waals surface area contributed by atoms with Crippen molar-refractivity contribution in [1.82, 2.24) is 0 Å². The van der Waals surface area contributed by atoms with Crippen molar-refractivity contribution in [2.24, 2.45) is 10.8 Å². The van der Waals surface area contributed by atoms with Crippen molar-refractivity contribution in [2.75, 3.05) is 0 Å². The lowest BCUT2D eigenvalue weighted by Crippen LogP contribution is -2.32. The van der Waals surface area contributed by atoms with Crippen LogP contribution in [0.1, 0.15) is 5.56 Å². The molecule has 6 heteroatoms. The third-order valence-electron chi connectivity index (χ3n) is 1.87. The summed E-state index contributed by atoms with van der Waals surface area (Å²) in [5.41, 5.74) is 14.8. The zero-order valence-electron chi connectivity index (χ0n) is 7.87. The van der Waals surface area contributed by atoms with Gasteiger partial charge in [0.05, 0.1) is 0 Å². The van der Waals surface area contributed by atoms with Crippen LogP contribution in [0.3, 0.4) is 0 Å². The first-order chi connectivity index (χ1) is 7.13. The maximum absolute atomic E-state index is 10.5. The van der Waals surface area contributed by atoms with E-state index >= 15 is 0 Å². The molecule has 0 bridgehead atoms. The fourth-order valence-electron chi connectivity index (χ4n) is 1.09. The van der Waals surface area contributed by atoms with Gasteiger partial charge in [-0.1, -0.05) is 29.4 Å². The van der Waals surface area contributed by atoms with Crippen LogP contribution in [0.15, 0.2) is 29.4 Å². The first kappa shape index (κ1) is 11.0. The number of rotatable bonds is 4. The van der Waals surface area contributed by atoms with Gasteiger partial charge < -0.3 is 10.8 Å². The highest BCUT2D eigenvalue weighted by atomic mass is 16.4. The van der Waals surface area contributed by atoms with Crippen LogP contribution in [0.25, 0.3) is 10.4 Å². The van der Waals surface area contributed by atoms with Gasteiger partial charge in [-0.3, -0.25) is 4.79 Å². The predicted octanol–water partition coefficient (Wildman–Crippen LogP) is 1.58. The van der Waals surface area contributed by atoms with Gasteiger partial charge >= 0.3 is 5.97 Å². The normalized spacial score (nSPS) is 11.5. The van der Waals surface area contributed by atoms with Crippen LogP contribution >= 0.6 is 0 Å². The molecule has 78 valence electrons. The maximum Gasteiger partial charge on any atom is 0.320 e. The van der Waals surface area contributed by atoms with Gasteiger partial charge in [0, 0.05) is 10.6 Å². The van der Waals surface area contributed by atoms with Crippen molar-refractivity contribution >= 4 is 11.7 Å². The fraction of sp³-hybridized carbons (Fsp3) is 0.222. The summed E-state index contributed by atoms with van der Waals surface area (Å²) < 4.78 is 0. The van der Waals surface area contributed by atoms with Crippen LogP contribution < -0.4 is 5.73 Å². The standard InChI is InChI=1S/C9H10N4O2/c10-8(9(14)15)5-6-1-3-7(4-2-6)12-13-11/h1-4,8H,5,10H2,(H,14,15)/t8-/m1/s1. The molecule has 0 amide bonds. The summed E-state index contributed by atoms with van der Waals surface area (Å²) >= 11 is 0. The number of nitrogens with two attached hydrogens (primary N) is 1. The second kappa shape index (κ2) is 4.99. The SMILES string of the molecule is [N-]=[N+]=Nc1ccc(C[C@@H](N)C(=O)O)cc1. The molecule has 0 radical (unpaired) electrons. The third-order valence-corrected chi connectivity index (χ3v) is 1.87. The maximum atomic E-state index is 10.5. The van der Waals surface area contributed by atoms with Crippen LogP contribution in [-0.4, -0.2) is 17.1 Å². The van der Waals surface area contributed by atoms with Crippen molar-refractivity contribution in [3.8, 4) is 0 Å². The molecular weight excluding hydrogens is 196 g/mol. The Morgan fingerprint density at radius 3 is 2.60 bits per heavy atom. The van der Waals surface area contributed by atoms with Gasteiger partial charge in [-0.05, 0) is 17.5 Å². The number of carboxylic acids is 1. The first-order valence-corrected chi connectivity index (χ1v) is 4.26. The largest absolute Gasteiger partial charge is 0.480 e. The Bertz CT molecular complexity index is 395. The molecule has 1 aromatic rings. The zero-order valence-corrected chi connectivity index (χ0v) is 7.87. The molecule has 0 heterocycles. The fourth-order valence-corrected chi connectivity index (χ4v) is 1.09. The number of hydrogen-bond donors (Lipinski definition) is 2. The number of azide groups is 1. The smallest absolute Gasteiger partial charge is 0.320 e. The predicted molar refractivity (Wildman–Crippen MR) is 54.6 cm³/mol. The van der Waals surface area contributed by atoms with E-state index in [0.29, 0.717) is 5.69 Å². The minimum Gasteiger partial charge on any atom is -0.480 e. The third kappa shape index (κ3) is 3.30. The molecule has 0 aliphatic rings. The van der Waals surface area contributed by atoms with E-state index in [-0.39, 0.29) is 6.42 Å². The summed E-state index contributed by atoms with van der Waals surface area (Å²) in [4.78, 5) is 13.1. The number of carbonyl (C=O) groups is 1. The number of hydrogen-bond acceptors (Lipinski definition) is 3. The Morgan fingerprint density at radius 2 is 2.13 bits per heavy atom. The molecule has 0 saturated heterocycles. The van der Waals surface area contributed by atoms with Crippen LogP contribution in [0.5, 0.6) is 0 Å². The van der Waals surface area contributed by atoms with Gasteiger partial charge in [-0.25, -0.2) is 0 Å². The molecule has 0 saturated carbocycles. The number of aliphatic carboxylic acids is 1. The number of carboxylic acid groups (broad SMARTS) is 1. The van der Waals surface area contributed by atoms with Gasteiger partial charge in [0.1, 0.15) is 6.04 Å². The topological polar surface area (TPSA) is 112 Å². The van der Waals surface area contributed by atoms with Crippen molar-refractivity contribution in [1.29, 1.82) is 0 Å². The van der Waals surface area contributed by atoms with Crippen LogP contribution in [-0.2, 0) is 11.2 Å². The average molecular weight is 206 g/mol. The minimum atomic E-state index is -1.03. The Balaban J connectivity index is 2.72. The highest BCUT2D eigenvalue weighted by Crippen LogP contribution is 2.13. The lowest BCUT2D eigenvalue weighted by atomic mass is 10.1. The van der Waals surface area contributed by atoms with Crippen molar-refractivity contribution < 1.29 is 9.90 Å². The Kier molecular flexibility index (Phi) is 3.68. The molecule has 0 aromatic heterocycles. The second-order valence-corrected chi connectivity index (χ2v) is 3.00. The molecule has 0 aliphatic carbocycles. The summed E-state index contributed by atoms with van der Waals surface area (Å²) in [6, 6.07) is 5.70. The quantitative estimate of drug-likeness (QED) is 0.443. The second-order valence-electron chi connectivity index (χ2n) is 3.00. The van der Waals surface area contributed by atoms with E-state index in [1.165, 1.54) is 0 Å². The van der Waals surface area contributed by atoms with Crippen molar-refractivity contribution in [3.63, 3.8) is 0 Å². The van der Waals surface area contributed by atoms with Crippen LogP contribution in [0, 0.1) is 0 Å². The molecule has 0 fully saturated rings. The highest BCUT2D eigenvalue weighted by molar-refractivity contribution is 5.73. The summed E-state index contributed by atoms with van der Waals surface area (Å²) in [6.45, 7) is 0. The monoisotopic (exact) mass is 206 g/mol. The molecule has 6 nitrogen and oxygen atoms in total. The Morgan fingerprint density at radius 1 is 1.53 bits per heavy atom. The molecule has 1 atom stereocenters. The zero-order chi connectivity index (χ0) is 11.3. The van der Waals surface area contributed by atoms with E-state index < -0.39 is 12.0 Å². The molecule has 0 aliphatic heterocycles. The number of nitrogens with zero attached hydrogens (tertiary/aromatic N) is 3. The van der Waals surface area contributed by atoms with E-state index in [2.05, 4.69) is 10.0 Å². The Hall–Kier alpha value is -2.04. The van der Waals surface area contributed by atoms with E-state index in [0.717, 1.165) is 5.56 Å². The molecule has 3 N–H and O–H groups in total. The first-order valence-electron chi connectivity index (χ1n) is 4.26. The van der Waals surface area contributed by atoms with E-state index in [1.54, 1.807) is 24.3 Å². The summed E-state index contributed by atoms with van der Waals surface area (Å²) in [6.07, 6.45) is 0.256. The van der Waals surface area contributed by atoms with Gasteiger partial charge in [-0.2, -0.15) is 0 Å². The minimum absolute atomic E-state index is 0.256. The van der Waals surface area contributed by atoms with E-state index in [9.17, 15) is 4.79 Å². The average Bonchev–Trinajstić information content (AvgIpc) is 2.21. The lowest BCUT2D eigenvalue weighted by molar-refractivity contribution is -0.138. The van der Waals surface area contributed by atoms with Gasteiger partial charge in [0.2, 0.25) is 0 Å². The molecule has 15 heavy (non-hydrogen) atoms. The van der Waals surface area contributed by atoms with Crippen LogP contribution in [0.4, 0.5) is 5.69 Å². The van der Waals surface area contributed by atoms with E-state index in [4.69, 9.17) is 16.4 Å². The van der Waals surface area contributed by atoms with Crippen molar-refractivity contribution in [2.45, 2.75) is 12.5 Å². The summed E-state index contributed by atoms with van der Waals surface area (Å²) in [5.74, 6) is -1.03. The summed E-state index contributed by atoms with van der Waals surface area (Å²) in [5, 5.41) is 12.0. The lowest BCUT2D eigenvalue weighted by Gasteiger charge is -2.05. The molecule has 1 aromatic carbocycles.